The van der Waals surface area contributed by atoms with Gasteiger partial charge in [0.1, 0.15) is 5.69 Å². The molecule has 0 fully saturated rings. The van der Waals surface area contributed by atoms with Crippen molar-refractivity contribution in [3.05, 3.63) is 32.8 Å². The number of anilines is 1. The van der Waals surface area contributed by atoms with Crippen LogP contribution in [0.3, 0.4) is 0 Å². The van der Waals surface area contributed by atoms with Crippen LogP contribution in [0.15, 0.2) is 22.7 Å². The molecule has 0 heterocycles. The smallest absolute Gasteiger partial charge is 0.293 e. The standard InChI is InChI=1S/C8H9BrN4O2S/c1-12(10)8(16)11-6-3-2-5(9)4-7(6)13(14)15/h2-4H,10H2,1H3,(H,11,16). The number of nitrogens with zero attached hydrogens (tertiary/aromatic N) is 2. The lowest BCUT2D eigenvalue weighted by molar-refractivity contribution is -0.384. The maximum atomic E-state index is 10.8. The number of halogens is 1. The topological polar surface area (TPSA) is 84.4 Å². The van der Waals surface area contributed by atoms with E-state index in [1.54, 1.807) is 19.2 Å². The zero-order valence-corrected chi connectivity index (χ0v) is 10.7. The summed E-state index contributed by atoms with van der Waals surface area (Å²) in [6.07, 6.45) is 0. The maximum absolute atomic E-state index is 10.8. The van der Waals surface area contributed by atoms with Crippen LogP contribution in [0, 0.1) is 10.1 Å². The average molecular weight is 305 g/mol. The summed E-state index contributed by atoms with van der Waals surface area (Å²) in [6.45, 7) is 0. The molecule has 0 spiro atoms. The molecule has 16 heavy (non-hydrogen) atoms. The Morgan fingerprint density at radius 3 is 2.81 bits per heavy atom. The Labute approximate surface area is 106 Å². The fourth-order valence-corrected chi connectivity index (χ4v) is 1.42. The molecule has 0 aliphatic heterocycles. The van der Waals surface area contributed by atoms with Gasteiger partial charge in [-0.15, -0.1) is 0 Å². The maximum Gasteiger partial charge on any atom is 0.293 e. The van der Waals surface area contributed by atoms with E-state index in [1.807, 2.05) is 0 Å². The normalized spacial score (nSPS) is 9.69. The lowest BCUT2D eigenvalue weighted by Crippen LogP contribution is -2.36. The van der Waals surface area contributed by atoms with Crippen LogP contribution in [-0.4, -0.2) is 22.1 Å². The minimum Gasteiger partial charge on any atom is -0.326 e. The first-order valence-corrected chi connectivity index (χ1v) is 5.35. The van der Waals surface area contributed by atoms with Crippen LogP contribution in [0.25, 0.3) is 0 Å². The number of rotatable bonds is 2. The molecule has 0 aromatic heterocycles. The lowest BCUT2D eigenvalue weighted by Gasteiger charge is -2.14. The molecule has 0 atom stereocenters. The second kappa shape index (κ2) is 5.19. The van der Waals surface area contributed by atoms with E-state index in [-0.39, 0.29) is 10.8 Å². The minimum absolute atomic E-state index is 0.0708. The van der Waals surface area contributed by atoms with Crippen molar-refractivity contribution in [1.29, 1.82) is 0 Å². The summed E-state index contributed by atoms with van der Waals surface area (Å²) in [5.41, 5.74) is 0.231. The van der Waals surface area contributed by atoms with E-state index in [0.717, 1.165) is 0 Å². The molecule has 0 amide bonds. The van der Waals surface area contributed by atoms with Crippen LogP contribution < -0.4 is 11.2 Å². The summed E-state index contributed by atoms with van der Waals surface area (Å²) in [4.78, 5) is 10.3. The molecule has 0 aliphatic rings. The van der Waals surface area contributed by atoms with Crippen LogP contribution in [0.2, 0.25) is 0 Å². The van der Waals surface area contributed by atoms with Crippen LogP contribution in [0.1, 0.15) is 0 Å². The molecular weight excluding hydrogens is 296 g/mol. The molecular formula is C8H9BrN4O2S. The van der Waals surface area contributed by atoms with Gasteiger partial charge in [-0.25, -0.2) is 5.84 Å². The summed E-state index contributed by atoms with van der Waals surface area (Å²) in [6, 6.07) is 4.62. The van der Waals surface area contributed by atoms with E-state index in [0.29, 0.717) is 10.2 Å². The molecule has 1 aromatic carbocycles. The van der Waals surface area contributed by atoms with Crippen LogP contribution in [-0.2, 0) is 0 Å². The third-order valence-electron chi connectivity index (χ3n) is 1.72. The summed E-state index contributed by atoms with van der Waals surface area (Å²) >= 11 is 8.05. The number of nitro groups is 1. The largest absolute Gasteiger partial charge is 0.326 e. The summed E-state index contributed by atoms with van der Waals surface area (Å²) in [5, 5.41) is 14.8. The Bertz CT molecular complexity index is 438. The van der Waals surface area contributed by atoms with Crippen molar-refractivity contribution in [2.24, 2.45) is 5.84 Å². The lowest BCUT2D eigenvalue weighted by atomic mass is 10.3. The van der Waals surface area contributed by atoms with Crippen molar-refractivity contribution in [3.63, 3.8) is 0 Å². The van der Waals surface area contributed by atoms with Crippen LogP contribution in [0.5, 0.6) is 0 Å². The number of nitro benzene ring substituents is 1. The van der Waals surface area contributed by atoms with Crippen molar-refractivity contribution < 1.29 is 4.92 Å². The first-order valence-electron chi connectivity index (χ1n) is 4.15. The Balaban J connectivity index is 3.04. The quantitative estimate of drug-likeness (QED) is 0.375. The van der Waals surface area contributed by atoms with Gasteiger partial charge >= 0.3 is 0 Å². The predicted molar refractivity (Wildman–Crippen MR) is 69.0 cm³/mol. The highest BCUT2D eigenvalue weighted by Gasteiger charge is 2.15. The number of hydrogen-bond acceptors (Lipinski definition) is 4. The molecule has 1 rings (SSSR count). The first kappa shape index (κ1) is 12.8. The Kier molecular flexibility index (Phi) is 4.16. The molecule has 8 heteroatoms. The van der Waals surface area contributed by atoms with E-state index in [9.17, 15) is 10.1 Å². The van der Waals surface area contributed by atoms with Gasteiger partial charge in [0.25, 0.3) is 5.69 Å². The minimum atomic E-state index is -0.494. The average Bonchev–Trinajstić information content (AvgIpc) is 2.20. The molecule has 0 radical (unpaired) electrons. The number of hydrogen-bond donors (Lipinski definition) is 2. The van der Waals surface area contributed by atoms with Gasteiger partial charge in [0, 0.05) is 17.6 Å². The van der Waals surface area contributed by atoms with Gasteiger partial charge in [0.05, 0.1) is 4.92 Å². The third kappa shape index (κ3) is 3.12. The Morgan fingerprint density at radius 1 is 1.69 bits per heavy atom. The van der Waals surface area contributed by atoms with Gasteiger partial charge < -0.3 is 5.32 Å². The molecule has 0 bridgehead atoms. The van der Waals surface area contributed by atoms with Crippen molar-refractivity contribution in [2.45, 2.75) is 0 Å². The monoisotopic (exact) mass is 304 g/mol. The highest BCUT2D eigenvalue weighted by Crippen LogP contribution is 2.27. The molecule has 86 valence electrons. The summed E-state index contributed by atoms with van der Waals surface area (Å²) < 4.78 is 0.622. The number of nitrogens with one attached hydrogen (secondary N) is 1. The fraction of sp³-hybridized carbons (Fsp3) is 0.125. The molecule has 6 nitrogen and oxygen atoms in total. The highest BCUT2D eigenvalue weighted by atomic mass is 79.9. The molecule has 0 saturated heterocycles. The Hall–Kier alpha value is -1.25. The SMILES string of the molecule is CN(N)C(=S)Nc1ccc(Br)cc1[N+](=O)[O-]. The van der Waals surface area contributed by atoms with Crippen LogP contribution >= 0.6 is 28.1 Å². The third-order valence-corrected chi connectivity index (χ3v) is 2.60. The van der Waals surface area contributed by atoms with Gasteiger partial charge in [-0.3, -0.25) is 15.1 Å². The molecule has 0 saturated carbocycles. The molecule has 0 unspecified atom stereocenters. The first-order chi connectivity index (χ1) is 7.41. The van der Waals surface area contributed by atoms with E-state index in [2.05, 4.69) is 21.2 Å². The van der Waals surface area contributed by atoms with Crippen LogP contribution in [0.4, 0.5) is 11.4 Å². The van der Waals surface area contributed by atoms with E-state index >= 15 is 0 Å². The zero-order valence-electron chi connectivity index (χ0n) is 8.31. The van der Waals surface area contributed by atoms with Crippen molar-refractivity contribution in [2.75, 3.05) is 12.4 Å². The molecule has 1 aromatic rings. The molecule has 0 aliphatic carbocycles. The van der Waals surface area contributed by atoms with Gasteiger partial charge in [-0.05, 0) is 24.4 Å². The Morgan fingerprint density at radius 2 is 2.31 bits per heavy atom. The predicted octanol–water partition coefficient (Wildman–Crippen LogP) is 1.86. The van der Waals surface area contributed by atoms with Gasteiger partial charge in [-0.2, -0.15) is 0 Å². The van der Waals surface area contributed by atoms with E-state index < -0.39 is 4.92 Å². The number of thiocarbonyl (C=S) groups is 1. The second-order valence-electron chi connectivity index (χ2n) is 2.96. The van der Waals surface area contributed by atoms with Crippen molar-refractivity contribution in [1.82, 2.24) is 5.01 Å². The van der Waals surface area contributed by atoms with E-state index in [1.165, 1.54) is 11.1 Å². The number of nitrogens with two attached hydrogens (primary N) is 1. The van der Waals surface area contributed by atoms with Gasteiger partial charge in [-0.1, -0.05) is 15.9 Å². The van der Waals surface area contributed by atoms with Crippen molar-refractivity contribution >= 4 is 44.6 Å². The van der Waals surface area contributed by atoms with E-state index in [4.69, 9.17) is 18.1 Å². The fourth-order valence-electron chi connectivity index (χ4n) is 0.965. The molecule has 3 N–H and O–H groups in total. The summed E-state index contributed by atoms with van der Waals surface area (Å²) in [5.74, 6) is 5.39. The second-order valence-corrected chi connectivity index (χ2v) is 4.26. The summed E-state index contributed by atoms with van der Waals surface area (Å²) in [7, 11) is 1.54. The number of benzene rings is 1. The highest BCUT2D eigenvalue weighted by molar-refractivity contribution is 9.10. The number of hydrazine groups is 1. The van der Waals surface area contributed by atoms with Gasteiger partial charge in [0.2, 0.25) is 0 Å². The zero-order chi connectivity index (χ0) is 12.3. The van der Waals surface area contributed by atoms with Gasteiger partial charge in [0.15, 0.2) is 5.11 Å². The van der Waals surface area contributed by atoms with Crippen molar-refractivity contribution in [3.8, 4) is 0 Å².